The third-order valence-electron chi connectivity index (χ3n) is 3.50. The van der Waals surface area contributed by atoms with Crippen LogP contribution in [-0.4, -0.2) is 16.6 Å². The van der Waals surface area contributed by atoms with Gasteiger partial charge in [-0.2, -0.15) is 5.26 Å². The zero-order chi connectivity index (χ0) is 17.7. The number of benzene rings is 1. The topological polar surface area (TPSA) is 65.8 Å². The van der Waals surface area contributed by atoms with Crippen molar-refractivity contribution in [2.24, 2.45) is 0 Å². The van der Waals surface area contributed by atoms with Gasteiger partial charge in [0.2, 0.25) is 5.91 Å². The van der Waals surface area contributed by atoms with E-state index in [4.69, 9.17) is 0 Å². The highest BCUT2D eigenvalue weighted by atomic mass is 32.2. The Morgan fingerprint density at radius 2 is 1.83 bits per heavy atom. The van der Waals surface area contributed by atoms with Crippen molar-refractivity contribution < 1.29 is 4.79 Å². The quantitative estimate of drug-likeness (QED) is 0.825. The molecule has 1 aromatic carbocycles. The van der Waals surface area contributed by atoms with E-state index in [9.17, 15) is 10.1 Å². The minimum Gasteiger partial charge on any atom is -0.326 e. The lowest BCUT2D eigenvalue weighted by atomic mass is 10.1. The summed E-state index contributed by atoms with van der Waals surface area (Å²) in [4.78, 5) is 16.5. The zero-order valence-electron chi connectivity index (χ0n) is 14.4. The molecule has 0 radical (unpaired) electrons. The highest BCUT2D eigenvalue weighted by Crippen LogP contribution is 2.24. The molecule has 0 saturated carbocycles. The van der Waals surface area contributed by atoms with Gasteiger partial charge < -0.3 is 5.32 Å². The summed E-state index contributed by atoms with van der Waals surface area (Å²) in [5, 5.41) is 12.9. The molecule has 2 aromatic rings. The number of aryl methyl sites for hydroxylation is 4. The van der Waals surface area contributed by atoms with E-state index >= 15 is 0 Å². The molecule has 0 fully saturated rings. The van der Waals surface area contributed by atoms with Gasteiger partial charge in [0.05, 0.1) is 5.56 Å². The van der Waals surface area contributed by atoms with Gasteiger partial charge in [-0.15, -0.1) is 11.8 Å². The Hall–Kier alpha value is -2.32. The molecule has 0 bridgehead atoms. The van der Waals surface area contributed by atoms with Gasteiger partial charge >= 0.3 is 0 Å². The molecule has 1 N–H and O–H groups in total. The van der Waals surface area contributed by atoms with Crippen LogP contribution in [0.3, 0.4) is 0 Å². The van der Waals surface area contributed by atoms with E-state index in [2.05, 4.69) is 22.4 Å². The standard InChI is InChI=1S/C19H21N3OS/c1-12-7-13(2)9-16(8-12)22-18(23)5-6-24-19-17(11-20)14(3)10-15(4)21-19/h7-10H,5-6H2,1-4H3,(H,22,23). The van der Waals surface area contributed by atoms with Crippen molar-refractivity contribution in [3.8, 4) is 6.07 Å². The SMILES string of the molecule is Cc1cc(C)cc(NC(=O)CCSc2nc(C)cc(C)c2C#N)c1. The van der Waals surface area contributed by atoms with Crippen LogP contribution >= 0.6 is 11.8 Å². The van der Waals surface area contributed by atoms with Crippen molar-refractivity contribution in [3.63, 3.8) is 0 Å². The number of carbonyl (C=O) groups excluding carboxylic acids is 1. The van der Waals surface area contributed by atoms with Crippen LogP contribution in [0.1, 0.15) is 34.4 Å². The maximum atomic E-state index is 12.1. The van der Waals surface area contributed by atoms with Gasteiger partial charge in [0.1, 0.15) is 11.1 Å². The van der Waals surface area contributed by atoms with Crippen molar-refractivity contribution in [2.75, 3.05) is 11.1 Å². The fourth-order valence-electron chi connectivity index (χ4n) is 2.55. The lowest BCUT2D eigenvalue weighted by Gasteiger charge is -2.09. The number of thioether (sulfide) groups is 1. The number of carbonyl (C=O) groups is 1. The normalized spacial score (nSPS) is 10.3. The molecule has 0 spiro atoms. The molecule has 1 amide bonds. The van der Waals surface area contributed by atoms with Gasteiger partial charge in [0.15, 0.2) is 0 Å². The first-order valence-electron chi connectivity index (χ1n) is 7.78. The smallest absolute Gasteiger partial charge is 0.225 e. The number of nitrogens with zero attached hydrogens (tertiary/aromatic N) is 2. The number of amides is 1. The first-order chi connectivity index (χ1) is 11.4. The predicted octanol–water partition coefficient (Wildman–Crippen LogP) is 4.31. The van der Waals surface area contributed by atoms with Crippen LogP contribution in [0, 0.1) is 39.0 Å². The summed E-state index contributed by atoms with van der Waals surface area (Å²) in [6.45, 7) is 7.83. The van der Waals surface area contributed by atoms with Crippen molar-refractivity contribution >= 4 is 23.4 Å². The molecular formula is C19H21N3OS. The van der Waals surface area contributed by atoms with Crippen LogP contribution in [0.25, 0.3) is 0 Å². The van der Waals surface area contributed by atoms with E-state index in [1.807, 2.05) is 45.9 Å². The summed E-state index contributed by atoms with van der Waals surface area (Å²) in [6.07, 6.45) is 0.372. The molecule has 0 aliphatic rings. The number of rotatable bonds is 5. The van der Waals surface area contributed by atoms with E-state index in [0.717, 1.165) is 28.1 Å². The van der Waals surface area contributed by atoms with Crippen LogP contribution in [0.4, 0.5) is 5.69 Å². The van der Waals surface area contributed by atoms with Gasteiger partial charge in [-0.3, -0.25) is 4.79 Å². The van der Waals surface area contributed by atoms with Crippen LogP contribution in [0.2, 0.25) is 0 Å². The first kappa shape index (κ1) is 18.0. The zero-order valence-corrected chi connectivity index (χ0v) is 15.3. The second-order valence-electron chi connectivity index (χ2n) is 5.90. The third kappa shape index (κ3) is 4.84. The van der Waals surface area contributed by atoms with E-state index in [1.165, 1.54) is 11.8 Å². The predicted molar refractivity (Wildman–Crippen MR) is 98.3 cm³/mol. The number of hydrogen-bond acceptors (Lipinski definition) is 4. The molecule has 24 heavy (non-hydrogen) atoms. The highest BCUT2D eigenvalue weighted by molar-refractivity contribution is 7.99. The largest absolute Gasteiger partial charge is 0.326 e. The van der Waals surface area contributed by atoms with Gasteiger partial charge in [0, 0.05) is 23.6 Å². The molecule has 4 nitrogen and oxygen atoms in total. The Labute approximate surface area is 147 Å². The number of nitrogens with one attached hydrogen (secondary N) is 1. The van der Waals surface area contributed by atoms with Crippen LogP contribution in [0.15, 0.2) is 29.3 Å². The second kappa shape index (κ2) is 7.98. The number of nitriles is 1. The summed E-state index contributed by atoms with van der Waals surface area (Å²) in [6, 6.07) is 10.1. The summed E-state index contributed by atoms with van der Waals surface area (Å²) >= 11 is 1.45. The van der Waals surface area contributed by atoms with Gasteiger partial charge in [-0.1, -0.05) is 6.07 Å². The number of hydrogen-bond donors (Lipinski definition) is 1. The lowest BCUT2D eigenvalue weighted by molar-refractivity contribution is -0.115. The maximum Gasteiger partial charge on any atom is 0.225 e. The average molecular weight is 339 g/mol. The van der Waals surface area contributed by atoms with Gasteiger partial charge in [-0.05, 0) is 62.6 Å². The Bertz CT molecular complexity index is 789. The van der Waals surface area contributed by atoms with Crippen LogP contribution < -0.4 is 5.32 Å². The molecule has 0 aliphatic heterocycles. The number of pyridine rings is 1. The molecule has 0 saturated heterocycles. The van der Waals surface area contributed by atoms with Gasteiger partial charge in [0.25, 0.3) is 0 Å². The van der Waals surface area contributed by atoms with Crippen molar-refractivity contribution in [3.05, 3.63) is 52.2 Å². The van der Waals surface area contributed by atoms with E-state index < -0.39 is 0 Å². The highest BCUT2D eigenvalue weighted by Gasteiger charge is 2.10. The minimum absolute atomic E-state index is 0.0321. The molecule has 5 heteroatoms. The van der Waals surface area contributed by atoms with E-state index in [0.29, 0.717) is 22.8 Å². The second-order valence-corrected chi connectivity index (χ2v) is 6.98. The molecule has 0 aliphatic carbocycles. The molecule has 0 unspecified atom stereocenters. The molecule has 1 aromatic heterocycles. The number of aromatic nitrogens is 1. The third-order valence-corrected chi connectivity index (χ3v) is 4.47. The number of anilines is 1. The van der Waals surface area contributed by atoms with Crippen LogP contribution in [0.5, 0.6) is 0 Å². The van der Waals surface area contributed by atoms with Crippen LogP contribution in [-0.2, 0) is 4.79 Å². The summed E-state index contributed by atoms with van der Waals surface area (Å²) in [7, 11) is 0. The monoisotopic (exact) mass is 339 g/mol. The maximum absolute atomic E-state index is 12.1. The van der Waals surface area contributed by atoms with Gasteiger partial charge in [-0.25, -0.2) is 4.98 Å². The summed E-state index contributed by atoms with van der Waals surface area (Å²) in [5.74, 6) is 0.552. The fourth-order valence-corrected chi connectivity index (χ4v) is 3.59. The summed E-state index contributed by atoms with van der Waals surface area (Å²) in [5.41, 5.74) is 5.47. The summed E-state index contributed by atoms with van der Waals surface area (Å²) < 4.78 is 0. The van der Waals surface area contributed by atoms with Crippen molar-refractivity contribution in [1.29, 1.82) is 5.26 Å². The van der Waals surface area contributed by atoms with Crippen molar-refractivity contribution in [1.82, 2.24) is 4.98 Å². The molecule has 0 atom stereocenters. The first-order valence-corrected chi connectivity index (χ1v) is 8.77. The molecule has 1 heterocycles. The Morgan fingerprint density at radius 3 is 2.46 bits per heavy atom. The Kier molecular flexibility index (Phi) is 5.99. The van der Waals surface area contributed by atoms with E-state index in [-0.39, 0.29) is 5.91 Å². The lowest BCUT2D eigenvalue weighted by Crippen LogP contribution is -2.12. The molecule has 124 valence electrons. The average Bonchev–Trinajstić information content (AvgIpc) is 2.45. The minimum atomic E-state index is -0.0321. The molecule has 2 rings (SSSR count). The Balaban J connectivity index is 1.95. The Morgan fingerprint density at radius 1 is 1.17 bits per heavy atom. The van der Waals surface area contributed by atoms with E-state index in [1.54, 1.807) is 0 Å². The molecular weight excluding hydrogens is 318 g/mol. The fraction of sp³-hybridized carbons (Fsp3) is 0.316. The van der Waals surface area contributed by atoms with Crippen molar-refractivity contribution in [2.45, 2.75) is 39.1 Å².